The van der Waals surface area contributed by atoms with Gasteiger partial charge in [-0.1, -0.05) is 27.7 Å². The second-order valence-electron chi connectivity index (χ2n) is 7.26. The molecule has 0 amide bonds. The van der Waals surface area contributed by atoms with Crippen molar-refractivity contribution in [3.8, 4) is 0 Å². The van der Waals surface area contributed by atoms with E-state index in [-0.39, 0.29) is 28.8 Å². The molecule has 0 aromatic heterocycles. The lowest BCUT2D eigenvalue weighted by Crippen LogP contribution is -2.61. The van der Waals surface area contributed by atoms with Crippen molar-refractivity contribution < 1.29 is 18.5 Å². The van der Waals surface area contributed by atoms with Crippen LogP contribution in [0.1, 0.15) is 44.5 Å². The van der Waals surface area contributed by atoms with Gasteiger partial charge in [-0.2, -0.15) is 0 Å². The molecule has 126 valence electrons. The normalized spacial score (nSPS) is 29.7. The summed E-state index contributed by atoms with van der Waals surface area (Å²) in [5.41, 5.74) is 0.378. The monoisotopic (exact) mass is 336 g/mol. The van der Waals surface area contributed by atoms with Crippen molar-refractivity contribution in [2.75, 3.05) is 6.61 Å². The van der Waals surface area contributed by atoms with E-state index in [0.29, 0.717) is 11.5 Å². The summed E-state index contributed by atoms with van der Waals surface area (Å²) in [5, 5.41) is 0.0582. The molecule has 23 heavy (non-hydrogen) atoms. The fourth-order valence-electron chi connectivity index (χ4n) is 3.70. The van der Waals surface area contributed by atoms with E-state index in [9.17, 15) is 9.00 Å². The van der Waals surface area contributed by atoms with Crippen molar-refractivity contribution in [1.82, 2.24) is 0 Å². The fraction of sp³-hybridized carbons (Fsp3) is 0.611. The third-order valence-electron chi connectivity index (χ3n) is 4.98. The summed E-state index contributed by atoms with van der Waals surface area (Å²) in [6.07, 6.45) is 1.07. The van der Waals surface area contributed by atoms with Crippen LogP contribution in [0.25, 0.3) is 0 Å². The third-order valence-corrected chi connectivity index (χ3v) is 6.57. The topological polar surface area (TPSA) is 52.6 Å². The first kappa shape index (κ1) is 16.7. The molecule has 0 radical (unpaired) electrons. The van der Waals surface area contributed by atoms with Crippen LogP contribution in [0, 0.1) is 11.3 Å². The quantitative estimate of drug-likeness (QED) is 0.793. The minimum atomic E-state index is -1.04. The maximum Gasteiger partial charge on any atom is 0.338 e. The van der Waals surface area contributed by atoms with Crippen molar-refractivity contribution in [2.24, 2.45) is 11.3 Å². The fourth-order valence-corrected chi connectivity index (χ4v) is 4.65. The lowest BCUT2D eigenvalue weighted by atomic mass is 9.59. The van der Waals surface area contributed by atoms with Gasteiger partial charge in [-0.15, -0.1) is 0 Å². The molecule has 1 aromatic carbocycles. The molecule has 0 N–H and O–H groups in total. The molecule has 0 unspecified atom stereocenters. The molecular weight excluding hydrogens is 312 g/mol. The molecule has 3 rings (SSSR count). The molecule has 1 saturated heterocycles. The van der Waals surface area contributed by atoms with E-state index in [2.05, 4.69) is 13.8 Å². The average molecular weight is 336 g/mol. The zero-order valence-corrected chi connectivity index (χ0v) is 14.9. The van der Waals surface area contributed by atoms with Crippen molar-refractivity contribution in [1.29, 1.82) is 0 Å². The average Bonchev–Trinajstić information content (AvgIpc) is 2.98. The minimum absolute atomic E-state index is 0.0582. The van der Waals surface area contributed by atoms with Crippen LogP contribution in [0.5, 0.6) is 0 Å². The SMILES string of the molecule is CC(C)[S@](=O)c1ccc(C(=O)O[C@@H]2[C@H]3CCO[C@H]3C2(C)C)cc1. The summed E-state index contributed by atoms with van der Waals surface area (Å²) in [6.45, 7) is 8.76. The maximum atomic E-state index is 12.4. The van der Waals surface area contributed by atoms with Crippen LogP contribution in [0.3, 0.4) is 0 Å². The standard InChI is InChI=1S/C18H24O4S/c1-11(2)23(20)13-7-5-12(6-8-13)17(19)22-16-14-9-10-21-15(14)18(16,3)4/h5-8,11,14-16H,9-10H2,1-4H3/t14-,15+,16+,23-/m0/s1. The van der Waals surface area contributed by atoms with Crippen molar-refractivity contribution in [3.05, 3.63) is 29.8 Å². The molecule has 1 aliphatic heterocycles. The highest BCUT2D eigenvalue weighted by atomic mass is 32.2. The van der Waals surface area contributed by atoms with Gasteiger partial charge in [-0.25, -0.2) is 4.79 Å². The van der Waals surface area contributed by atoms with Crippen molar-refractivity contribution in [2.45, 2.75) is 56.5 Å². The summed E-state index contributed by atoms with van der Waals surface area (Å²) in [4.78, 5) is 13.1. The van der Waals surface area contributed by atoms with Gasteiger partial charge in [0.25, 0.3) is 0 Å². The summed E-state index contributed by atoms with van der Waals surface area (Å²) in [5.74, 6) is 0.0111. The Kier molecular flexibility index (Phi) is 4.36. The molecule has 1 heterocycles. The van der Waals surface area contributed by atoms with E-state index in [0.717, 1.165) is 17.9 Å². The Morgan fingerprint density at radius 3 is 2.57 bits per heavy atom. The number of rotatable bonds is 4. The molecule has 4 atom stereocenters. The Morgan fingerprint density at radius 1 is 1.30 bits per heavy atom. The largest absolute Gasteiger partial charge is 0.458 e. The van der Waals surface area contributed by atoms with E-state index < -0.39 is 10.8 Å². The van der Waals surface area contributed by atoms with Gasteiger partial charge in [0.2, 0.25) is 0 Å². The summed E-state index contributed by atoms with van der Waals surface area (Å²) in [7, 11) is -1.04. The Morgan fingerprint density at radius 2 is 1.96 bits per heavy atom. The molecule has 1 aromatic rings. The second kappa shape index (κ2) is 6.02. The zero-order chi connectivity index (χ0) is 16.8. The zero-order valence-electron chi connectivity index (χ0n) is 14.1. The number of ether oxygens (including phenoxy) is 2. The van der Waals surface area contributed by atoms with Crippen molar-refractivity contribution >= 4 is 16.8 Å². The first-order valence-corrected chi connectivity index (χ1v) is 9.37. The molecule has 0 bridgehead atoms. The van der Waals surface area contributed by atoms with Gasteiger partial charge >= 0.3 is 5.97 Å². The van der Waals surface area contributed by atoms with Gasteiger partial charge in [0.15, 0.2) is 0 Å². The van der Waals surface area contributed by atoms with Crippen LogP contribution in [-0.4, -0.2) is 34.2 Å². The summed E-state index contributed by atoms with van der Waals surface area (Å²) >= 11 is 0. The van der Waals surface area contributed by atoms with Crippen LogP contribution < -0.4 is 0 Å². The molecule has 5 heteroatoms. The number of esters is 1. The summed E-state index contributed by atoms with van der Waals surface area (Å²) in [6, 6.07) is 6.90. The Hall–Kier alpha value is -1.20. The van der Waals surface area contributed by atoms with Gasteiger partial charge in [-0.3, -0.25) is 4.21 Å². The van der Waals surface area contributed by atoms with E-state index in [1.165, 1.54) is 0 Å². The number of carbonyl (C=O) groups excluding carboxylic acids is 1. The maximum absolute atomic E-state index is 12.4. The lowest BCUT2D eigenvalue weighted by Gasteiger charge is -2.53. The van der Waals surface area contributed by atoms with Crippen LogP contribution >= 0.6 is 0 Å². The van der Waals surface area contributed by atoms with E-state index in [1.807, 2.05) is 13.8 Å². The van der Waals surface area contributed by atoms with Gasteiger partial charge in [0.05, 0.1) is 22.5 Å². The number of hydrogen-bond acceptors (Lipinski definition) is 4. The second-order valence-corrected chi connectivity index (χ2v) is 9.27. The molecule has 2 fully saturated rings. The van der Waals surface area contributed by atoms with Crippen LogP contribution in [0.4, 0.5) is 0 Å². The number of fused-ring (bicyclic) bond motifs is 1. The first-order chi connectivity index (χ1) is 10.8. The van der Waals surface area contributed by atoms with E-state index >= 15 is 0 Å². The highest BCUT2D eigenvalue weighted by Gasteiger charge is 2.61. The minimum Gasteiger partial charge on any atom is -0.458 e. The van der Waals surface area contributed by atoms with E-state index in [1.54, 1.807) is 24.3 Å². The molecule has 4 nitrogen and oxygen atoms in total. The van der Waals surface area contributed by atoms with Crippen LogP contribution in [0.15, 0.2) is 29.2 Å². The smallest absolute Gasteiger partial charge is 0.338 e. The van der Waals surface area contributed by atoms with Crippen LogP contribution in [0.2, 0.25) is 0 Å². The third kappa shape index (κ3) is 2.85. The van der Waals surface area contributed by atoms with Gasteiger partial charge in [0, 0.05) is 28.1 Å². The molecule has 1 saturated carbocycles. The van der Waals surface area contributed by atoms with Crippen LogP contribution in [-0.2, 0) is 20.3 Å². The molecule has 2 aliphatic rings. The highest BCUT2D eigenvalue weighted by Crippen LogP contribution is 2.53. The Balaban J connectivity index is 1.68. The molecular formula is C18H24O4S. The molecule has 1 aliphatic carbocycles. The Bertz CT molecular complexity index is 620. The van der Waals surface area contributed by atoms with Crippen molar-refractivity contribution in [3.63, 3.8) is 0 Å². The first-order valence-electron chi connectivity index (χ1n) is 8.15. The number of carbonyl (C=O) groups is 1. The van der Waals surface area contributed by atoms with E-state index in [4.69, 9.17) is 9.47 Å². The number of benzene rings is 1. The van der Waals surface area contributed by atoms with Gasteiger partial charge in [-0.05, 0) is 30.7 Å². The van der Waals surface area contributed by atoms with Gasteiger partial charge < -0.3 is 9.47 Å². The Labute approximate surface area is 140 Å². The predicted molar refractivity (Wildman–Crippen MR) is 88.8 cm³/mol. The lowest BCUT2D eigenvalue weighted by molar-refractivity contribution is -0.183. The van der Waals surface area contributed by atoms with Gasteiger partial charge in [0.1, 0.15) is 6.10 Å². The number of hydrogen-bond donors (Lipinski definition) is 0. The predicted octanol–water partition coefficient (Wildman–Crippen LogP) is 3.17. The molecule has 0 spiro atoms. The highest BCUT2D eigenvalue weighted by molar-refractivity contribution is 7.85. The summed E-state index contributed by atoms with van der Waals surface area (Å²) < 4.78 is 23.5.